The van der Waals surface area contributed by atoms with Crippen LogP contribution in [-0.4, -0.2) is 32.4 Å². The Bertz CT molecular complexity index is 902. The van der Waals surface area contributed by atoms with Gasteiger partial charge in [-0.05, 0) is 50.5 Å². The van der Waals surface area contributed by atoms with Gasteiger partial charge in [0.25, 0.3) is 5.56 Å². The summed E-state index contributed by atoms with van der Waals surface area (Å²) in [4.78, 5) is 21.3. The number of aromatic nitrogens is 4. The van der Waals surface area contributed by atoms with Gasteiger partial charge in [0.05, 0.1) is 30.6 Å². The molecule has 0 unspecified atom stereocenters. The van der Waals surface area contributed by atoms with E-state index in [0.717, 1.165) is 86.3 Å². The third-order valence-corrected chi connectivity index (χ3v) is 6.13. The lowest BCUT2D eigenvalue weighted by Crippen LogP contribution is -2.34. The molecule has 3 heterocycles. The van der Waals surface area contributed by atoms with Gasteiger partial charge in [0.15, 0.2) is 0 Å². The average Bonchev–Trinajstić information content (AvgIpc) is 3.15. The highest BCUT2D eigenvalue weighted by atomic mass is 16.5. The maximum Gasteiger partial charge on any atom is 0.267 e. The first-order valence-electron chi connectivity index (χ1n) is 10.1. The minimum absolute atomic E-state index is 0.0640. The molecule has 7 nitrogen and oxygen atoms in total. The highest BCUT2D eigenvalue weighted by molar-refractivity contribution is 5.47. The zero-order valence-corrected chi connectivity index (χ0v) is 15.5. The van der Waals surface area contributed by atoms with Gasteiger partial charge in [0, 0.05) is 24.1 Å². The summed E-state index contributed by atoms with van der Waals surface area (Å²) in [5, 5.41) is 8.29. The van der Waals surface area contributed by atoms with Crippen LogP contribution in [0.25, 0.3) is 0 Å². The number of hydrogen-bond acceptors (Lipinski definition) is 6. The molecule has 0 aromatic carbocycles. The van der Waals surface area contributed by atoms with Crippen molar-refractivity contribution in [2.75, 3.05) is 11.9 Å². The van der Waals surface area contributed by atoms with Gasteiger partial charge in [0.1, 0.15) is 12.1 Å². The van der Waals surface area contributed by atoms with E-state index in [1.165, 1.54) is 0 Å². The quantitative estimate of drug-likeness (QED) is 0.896. The van der Waals surface area contributed by atoms with Crippen molar-refractivity contribution in [2.24, 2.45) is 0 Å². The molecule has 7 heteroatoms. The Kier molecular flexibility index (Phi) is 4.39. The molecule has 0 saturated heterocycles. The van der Waals surface area contributed by atoms with E-state index in [1.54, 1.807) is 11.0 Å². The Morgan fingerprint density at radius 3 is 2.85 bits per heavy atom. The average molecular weight is 367 g/mol. The number of fused-ring (bicyclic) bond motifs is 2. The van der Waals surface area contributed by atoms with Crippen molar-refractivity contribution in [3.8, 4) is 0 Å². The molecule has 0 spiro atoms. The molecule has 0 amide bonds. The van der Waals surface area contributed by atoms with Crippen molar-refractivity contribution >= 4 is 5.82 Å². The third-order valence-electron chi connectivity index (χ3n) is 6.13. The Morgan fingerprint density at radius 2 is 1.96 bits per heavy atom. The summed E-state index contributed by atoms with van der Waals surface area (Å²) >= 11 is 0. The van der Waals surface area contributed by atoms with Gasteiger partial charge in [-0.3, -0.25) is 4.79 Å². The molecule has 1 saturated carbocycles. The molecule has 1 aliphatic heterocycles. The number of nitrogens with one attached hydrogen (secondary N) is 1. The third kappa shape index (κ3) is 3.25. The van der Waals surface area contributed by atoms with Crippen LogP contribution in [0.1, 0.15) is 60.7 Å². The molecule has 0 radical (unpaired) electrons. The topological polar surface area (TPSA) is 81.9 Å². The summed E-state index contributed by atoms with van der Waals surface area (Å²) in [5.74, 6) is 0.913. The molecule has 142 valence electrons. The van der Waals surface area contributed by atoms with Crippen LogP contribution in [0, 0.1) is 0 Å². The number of hydrogen-bond donors (Lipinski definition) is 1. The number of ether oxygens (including phenoxy) is 1. The minimum atomic E-state index is 0.0640. The van der Waals surface area contributed by atoms with Crippen LogP contribution in [-0.2, 0) is 30.6 Å². The summed E-state index contributed by atoms with van der Waals surface area (Å²) in [5.41, 5.74) is 4.54. The normalized spacial score (nSPS) is 24.3. The number of anilines is 1. The van der Waals surface area contributed by atoms with Crippen molar-refractivity contribution in [1.29, 1.82) is 0 Å². The Hall–Kier alpha value is -2.28. The Morgan fingerprint density at radius 1 is 1.07 bits per heavy atom. The Balaban J connectivity index is 1.27. The zero-order valence-electron chi connectivity index (χ0n) is 15.5. The molecule has 1 N–H and O–H groups in total. The molecule has 5 rings (SSSR count). The van der Waals surface area contributed by atoms with Crippen LogP contribution in [0.5, 0.6) is 0 Å². The standard InChI is InChI=1S/C20H25N5O2/c26-19-10-13-2-1-3-17(13)24-25(19)15-6-4-14(5-7-15)23-20-16-11-27-9-8-18(16)21-12-22-20/h10,12,14-15H,1-9,11H2,(H,21,22,23). The molecule has 2 aromatic heterocycles. The van der Waals surface area contributed by atoms with E-state index >= 15 is 0 Å². The lowest BCUT2D eigenvalue weighted by atomic mass is 9.91. The summed E-state index contributed by atoms with van der Waals surface area (Å²) in [7, 11) is 0. The number of rotatable bonds is 3. The first-order chi connectivity index (χ1) is 13.3. The molecule has 0 atom stereocenters. The van der Waals surface area contributed by atoms with Gasteiger partial charge in [0.2, 0.25) is 0 Å². The van der Waals surface area contributed by atoms with Crippen molar-refractivity contribution in [3.63, 3.8) is 0 Å². The van der Waals surface area contributed by atoms with Gasteiger partial charge >= 0.3 is 0 Å². The van der Waals surface area contributed by atoms with E-state index in [-0.39, 0.29) is 11.6 Å². The van der Waals surface area contributed by atoms with E-state index in [0.29, 0.717) is 12.6 Å². The van der Waals surface area contributed by atoms with Crippen molar-refractivity contribution in [3.05, 3.63) is 45.3 Å². The van der Waals surface area contributed by atoms with Gasteiger partial charge in [-0.2, -0.15) is 5.10 Å². The van der Waals surface area contributed by atoms with Crippen LogP contribution in [0.2, 0.25) is 0 Å². The molecular formula is C20H25N5O2. The second-order valence-electron chi connectivity index (χ2n) is 7.85. The van der Waals surface area contributed by atoms with Crippen LogP contribution in [0.15, 0.2) is 17.2 Å². The van der Waals surface area contributed by atoms with Gasteiger partial charge in [-0.1, -0.05) is 0 Å². The molecule has 2 aromatic rings. The van der Waals surface area contributed by atoms with Crippen molar-refractivity contribution in [1.82, 2.24) is 19.7 Å². The van der Waals surface area contributed by atoms with E-state index < -0.39 is 0 Å². The van der Waals surface area contributed by atoms with E-state index in [1.807, 2.05) is 6.07 Å². The first-order valence-corrected chi connectivity index (χ1v) is 10.1. The summed E-state index contributed by atoms with van der Waals surface area (Å²) in [6.45, 7) is 1.32. The molecule has 27 heavy (non-hydrogen) atoms. The number of aryl methyl sites for hydroxylation is 2. The smallest absolute Gasteiger partial charge is 0.267 e. The van der Waals surface area contributed by atoms with Crippen LogP contribution in [0.3, 0.4) is 0 Å². The van der Waals surface area contributed by atoms with Gasteiger partial charge in [-0.25, -0.2) is 14.6 Å². The van der Waals surface area contributed by atoms with Crippen molar-refractivity contribution in [2.45, 2.75) is 70.1 Å². The molecular weight excluding hydrogens is 342 g/mol. The fraction of sp³-hybridized carbons (Fsp3) is 0.600. The first kappa shape index (κ1) is 16.9. The van der Waals surface area contributed by atoms with Gasteiger partial charge in [-0.15, -0.1) is 0 Å². The number of nitrogens with zero attached hydrogens (tertiary/aromatic N) is 4. The fourth-order valence-corrected chi connectivity index (χ4v) is 4.62. The summed E-state index contributed by atoms with van der Waals surface area (Å²) in [6, 6.07) is 2.39. The molecule has 0 bridgehead atoms. The molecule has 2 aliphatic carbocycles. The summed E-state index contributed by atoms with van der Waals surface area (Å²) in [6.07, 6.45) is 9.58. The lowest BCUT2D eigenvalue weighted by molar-refractivity contribution is 0.109. The zero-order chi connectivity index (χ0) is 18.2. The highest BCUT2D eigenvalue weighted by Crippen LogP contribution is 2.31. The molecule has 3 aliphatic rings. The largest absolute Gasteiger partial charge is 0.376 e. The lowest BCUT2D eigenvalue weighted by Gasteiger charge is -2.31. The van der Waals surface area contributed by atoms with Crippen LogP contribution in [0.4, 0.5) is 5.82 Å². The second kappa shape index (κ2) is 7.03. The monoisotopic (exact) mass is 367 g/mol. The maximum absolute atomic E-state index is 12.5. The highest BCUT2D eigenvalue weighted by Gasteiger charge is 2.26. The van der Waals surface area contributed by atoms with Crippen LogP contribution >= 0.6 is 0 Å². The minimum Gasteiger partial charge on any atom is -0.376 e. The second-order valence-corrected chi connectivity index (χ2v) is 7.85. The Labute approximate surface area is 158 Å². The van der Waals surface area contributed by atoms with Gasteiger partial charge < -0.3 is 10.1 Å². The van der Waals surface area contributed by atoms with E-state index in [4.69, 9.17) is 4.74 Å². The SMILES string of the molecule is O=c1cc2c(nn1C1CCC(Nc3ncnc4c3COCC4)CC1)CCC2. The predicted molar refractivity (Wildman–Crippen MR) is 101 cm³/mol. The predicted octanol–water partition coefficient (Wildman–Crippen LogP) is 2.19. The summed E-state index contributed by atoms with van der Waals surface area (Å²) < 4.78 is 7.33. The van der Waals surface area contributed by atoms with Crippen LogP contribution < -0.4 is 10.9 Å². The van der Waals surface area contributed by atoms with E-state index in [9.17, 15) is 4.79 Å². The molecule has 1 fully saturated rings. The fourth-order valence-electron chi connectivity index (χ4n) is 4.62. The van der Waals surface area contributed by atoms with E-state index in [2.05, 4.69) is 20.4 Å². The maximum atomic E-state index is 12.5. The van der Waals surface area contributed by atoms with Crippen molar-refractivity contribution < 1.29 is 4.74 Å².